The van der Waals surface area contributed by atoms with E-state index in [1.807, 2.05) is 0 Å². The van der Waals surface area contributed by atoms with Crippen molar-refractivity contribution in [1.82, 2.24) is 0 Å². The number of terminal acetylenes is 1. The van der Waals surface area contributed by atoms with Gasteiger partial charge in [-0.15, -0.1) is 12.3 Å². The fraction of sp³-hybridized carbons (Fsp3) is 0.857. The first-order chi connectivity index (χ1) is 7.84. The third-order valence-electron chi connectivity index (χ3n) is 3.96. The number of hydrogen-bond acceptors (Lipinski definition) is 2. The monoisotopic (exact) mass is 236 g/mol. The molecular formula is C14H25BO2. The minimum atomic E-state index is -0.253. The molecule has 96 valence electrons. The Labute approximate surface area is 107 Å². The second-order valence-corrected chi connectivity index (χ2v) is 5.94. The molecule has 1 heterocycles. The highest BCUT2D eigenvalue weighted by molar-refractivity contribution is 6.47. The van der Waals surface area contributed by atoms with Crippen LogP contribution < -0.4 is 0 Å². The van der Waals surface area contributed by atoms with E-state index in [0.717, 1.165) is 12.8 Å². The summed E-state index contributed by atoms with van der Waals surface area (Å²) < 4.78 is 12.1. The summed E-state index contributed by atoms with van der Waals surface area (Å²) in [5, 5.41) is 0. The lowest BCUT2D eigenvalue weighted by Gasteiger charge is -2.32. The zero-order chi connectivity index (χ0) is 13.1. The van der Waals surface area contributed by atoms with Gasteiger partial charge >= 0.3 is 7.12 Å². The molecule has 2 nitrogen and oxygen atoms in total. The molecule has 1 aliphatic rings. The molecule has 1 atom stereocenters. The maximum Gasteiger partial charge on any atom is 0.462 e. The molecule has 17 heavy (non-hydrogen) atoms. The van der Waals surface area contributed by atoms with Crippen LogP contribution in [0, 0.1) is 12.3 Å². The van der Waals surface area contributed by atoms with Crippen LogP contribution in [0.2, 0.25) is 5.82 Å². The van der Waals surface area contributed by atoms with Crippen molar-refractivity contribution in [2.45, 2.75) is 77.3 Å². The van der Waals surface area contributed by atoms with Gasteiger partial charge in [-0.05, 0) is 27.7 Å². The van der Waals surface area contributed by atoms with Crippen LogP contribution in [-0.4, -0.2) is 18.3 Å². The predicted octanol–water partition coefficient (Wildman–Crippen LogP) is 3.66. The van der Waals surface area contributed by atoms with Gasteiger partial charge in [0.05, 0.1) is 11.2 Å². The van der Waals surface area contributed by atoms with E-state index in [0.29, 0.717) is 5.82 Å². The van der Waals surface area contributed by atoms with Crippen molar-refractivity contribution in [3.63, 3.8) is 0 Å². The molecule has 0 spiro atoms. The van der Waals surface area contributed by atoms with E-state index in [-0.39, 0.29) is 18.3 Å². The van der Waals surface area contributed by atoms with E-state index < -0.39 is 0 Å². The highest BCUT2D eigenvalue weighted by Gasteiger charge is 2.53. The summed E-state index contributed by atoms with van der Waals surface area (Å²) in [6.07, 6.45) is 9.61. The first kappa shape index (κ1) is 14.6. The molecule has 0 bridgehead atoms. The van der Waals surface area contributed by atoms with Crippen LogP contribution in [-0.2, 0) is 9.31 Å². The number of rotatable bonds is 5. The first-order valence-electron chi connectivity index (χ1n) is 6.63. The molecule has 1 fully saturated rings. The van der Waals surface area contributed by atoms with Gasteiger partial charge in [-0.1, -0.05) is 26.2 Å². The molecule has 0 aromatic carbocycles. The normalized spacial score (nSPS) is 23.4. The lowest BCUT2D eigenvalue weighted by Crippen LogP contribution is -2.41. The number of hydrogen-bond donors (Lipinski definition) is 0. The van der Waals surface area contributed by atoms with Crippen LogP contribution in [0.5, 0.6) is 0 Å². The largest absolute Gasteiger partial charge is 0.462 e. The van der Waals surface area contributed by atoms with Crippen LogP contribution in [0.15, 0.2) is 0 Å². The Hall–Kier alpha value is -0.455. The Morgan fingerprint density at radius 3 is 2.12 bits per heavy atom. The summed E-state index contributed by atoms with van der Waals surface area (Å²) >= 11 is 0. The molecule has 1 rings (SSSR count). The molecule has 0 radical (unpaired) electrons. The standard InChI is InChI=1S/C14H25BO2/c1-7-9-11-12(10-8-2)15-16-13(3,4)14(5,6)17-15/h2,12H,7,9-11H2,1,3-6H3/t12-/m0/s1. The highest BCUT2D eigenvalue weighted by Crippen LogP contribution is 2.41. The zero-order valence-electron chi connectivity index (χ0n) is 11.9. The fourth-order valence-electron chi connectivity index (χ4n) is 2.03. The summed E-state index contributed by atoms with van der Waals surface area (Å²) in [5.74, 6) is 3.07. The zero-order valence-corrected chi connectivity index (χ0v) is 11.9. The molecular weight excluding hydrogens is 211 g/mol. The summed E-state index contributed by atoms with van der Waals surface area (Å²) in [6.45, 7) is 10.5. The van der Waals surface area contributed by atoms with Gasteiger partial charge in [0.15, 0.2) is 0 Å². The van der Waals surface area contributed by atoms with E-state index in [4.69, 9.17) is 15.7 Å². The van der Waals surface area contributed by atoms with Gasteiger partial charge in [-0.25, -0.2) is 0 Å². The summed E-state index contributed by atoms with van der Waals surface area (Å²) in [4.78, 5) is 0. The Kier molecular flexibility index (Phi) is 4.69. The van der Waals surface area contributed by atoms with Gasteiger partial charge in [-0.2, -0.15) is 0 Å². The van der Waals surface area contributed by atoms with Gasteiger partial charge in [0.2, 0.25) is 0 Å². The van der Waals surface area contributed by atoms with E-state index >= 15 is 0 Å². The highest BCUT2D eigenvalue weighted by atomic mass is 16.7. The van der Waals surface area contributed by atoms with Crippen molar-refractivity contribution in [1.29, 1.82) is 0 Å². The van der Waals surface area contributed by atoms with Gasteiger partial charge in [0.25, 0.3) is 0 Å². The van der Waals surface area contributed by atoms with E-state index in [1.165, 1.54) is 12.8 Å². The van der Waals surface area contributed by atoms with Crippen molar-refractivity contribution in [3.8, 4) is 12.3 Å². The van der Waals surface area contributed by atoms with Gasteiger partial charge < -0.3 is 9.31 Å². The summed E-state index contributed by atoms with van der Waals surface area (Å²) in [6, 6.07) is 0. The van der Waals surface area contributed by atoms with Crippen LogP contribution in [0.1, 0.15) is 60.3 Å². The summed E-state index contributed by atoms with van der Waals surface area (Å²) in [5.41, 5.74) is -0.506. The Balaban J connectivity index is 2.69. The minimum Gasteiger partial charge on any atom is -0.403 e. The van der Waals surface area contributed by atoms with Crippen molar-refractivity contribution in [2.75, 3.05) is 0 Å². The lowest BCUT2D eigenvalue weighted by molar-refractivity contribution is 0.00578. The van der Waals surface area contributed by atoms with Gasteiger partial charge in [0, 0.05) is 12.2 Å². The fourth-order valence-corrected chi connectivity index (χ4v) is 2.03. The van der Waals surface area contributed by atoms with Crippen LogP contribution in [0.25, 0.3) is 0 Å². The third kappa shape index (κ3) is 3.27. The first-order valence-corrected chi connectivity index (χ1v) is 6.63. The molecule has 1 aliphatic heterocycles. The molecule has 0 saturated carbocycles. The van der Waals surface area contributed by atoms with E-state index in [9.17, 15) is 0 Å². The second kappa shape index (κ2) is 5.46. The topological polar surface area (TPSA) is 18.5 Å². The molecule has 0 N–H and O–H groups in total. The van der Waals surface area contributed by atoms with Gasteiger partial charge in [0.1, 0.15) is 0 Å². The average Bonchev–Trinajstić information content (AvgIpc) is 2.43. The SMILES string of the molecule is C#CC[C@@H](CCCC)B1OC(C)(C)C(C)(C)O1. The smallest absolute Gasteiger partial charge is 0.403 e. The minimum absolute atomic E-state index is 0.150. The number of unbranched alkanes of at least 4 members (excludes halogenated alkanes) is 1. The molecule has 3 heteroatoms. The van der Waals surface area contributed by atoms with Gasteiger partial charge in [-0.3, -0.25) is 0 Å². The second-order valence-electron chi connectivity index (χ2n) is 5.94. The Morgan fingerprint density at radius 1 is 1.18 bits per heavy atom. The third-order valence-corrected chi connectivity index (χ3v) is 3.96. The predicted molar refractivity (Wildman–Crippen MR) is 72.8 cm³/mol. The van der Waals surface area contributed by atoms with Crippen LogP contribution in [0.4, 0.5) is 0 Å². The van der Waals surface area contributed by atoms with Crippen molar-refractivity contribution >= 4 is 7.12 Å². The van der Waals surface area contributed by atoms with Crippen molar-refractivity contribution in [3.05, 3.63) is 0 Å². The molecule has 0 aromatic heterocycles. The Morgan fingerprint density at radius 2 is 1.71 bits per heavy atom. The maximum atomic E-state index is 6.06. The summed E-state index contributed by atoms with van der Waals surface area (Å²) in [7, 11) is -0.150. The average molecular weight is 236 g/mol. The van der Waals surface area contributed by atoms with Crippen molar-refractivity contribution < 1.29 is 9.31 Å². The van der Waals surface area contributed by atoms with E-state index in [2.05, 4.69) is 40.5 Å². The maximum absolute atomic E-state index is 6.06. The Bertz CT molecular complexity index is 275. The molecule has 0 aliphatic carbocycles. The van der Waals surface area contributed by atoms with E-state index in [1.54, 1.807) is 0 Å². The molecule has 0 unspecified atom stereocenters. The van der Waals surface area contributed by atoms with Crippen LogP contribution >= 0.6 is 0 Å². The molecule has 0 amide bonds. The quantitative estimate of drug-likeness (QED) is 0.535. The lowest BCUT2D eigenvalue weighted by atomic mass is 9.67. The molecule has 0 aromatic rings. The van der Waals surface area contributed by atoms with Crippen molar-refractivity contribution in [2.24, 2.45) is 0 Å². The van der Waals surface area contributed by atoms with Crippen LogP contribution in [0.3, 0.4) is 0 Å². The molecule has 1 saturated heterocycles.